The van der Waals surface area contributed by atoms with E-state index in [4.69, 9.17) is 5.11 Å². The topological polar surface area (TPSA) is 109 Å². The van der Waals surface area contributed by atoms with Gasteiger partial charge in [-0.05, 0) is 24.9 Å². The van der Waals surface area contributed by atoms with Crippen molar-refractivity contribution in [3.63, 3.8) is 0 Å². The van der Waals surface area contributed by atoms with Crippen molar-refractivity contribution in [3.05, 3.63) is 11.9 Å². The summed E-state index contributed by atoms with van der Waals surface area (Å²) in [5.74, 6) is 1.10. The molecule has 21 heavy (non-hydrogen) atoms. The van der Waals surface area contributed by atoms with Crippen LogP contribution < -0.4 is 10.6 Å². The van der Waals surface area contributed by atoms with E-state index in [-0.39, 0.29) is 25.2 Å². The molecule has 9 heteroatoms. The van der Waals surface area contributed by atoms with Crippen LogP contribution in [0.1, 0.15) is 26.0 Å². The maximum absolute atomic E-state index is 11.7. The molecular formula is C12H21N5O3S. The maximum Gasteiger partial charge on any atom is 0.325 e. The molecule has 1 aromatic heterocycles. The van der Waals surface area contributed by atoms with Gasteiger partial charge in [-0.2, -0.15) is 11.8 Å². The first-order valence-electron chi connectivity index (χ1n) is 6.74. The molecule has 0 radical (unpaired) electrons. The Kier molecular flexibility index (Phi) is 7.59. The van der Waals surface area contributed by atoms with Gasteiger partial charge in [0.2, 0.25) is 0 Å². The van der Waals surface area contributed by atoms with Gasteiger partial charge in [-0.3, -0.25) is 4.79 Å². The third kappa shape index (κ3) is 7.54. The summed E-state index contributed by atoms with van der Waals surface area (Å²) >= 11 is 1.84. The van der Waals surface area contributed by atoms with Crippen LogP contribution in [-0.2, 0) is 17.9 Å². The Morgan fingerprint density at radius 3 is 2.95 bits per heavy atom. The summed E-state index contributed by atoms with van der Waals surface area (Å²) in [4.78, 5) is 22.2. The maximum atomic E-state index is 11.7. The molecule has 0 spiro atoms. The van der Waals surface area contributed by atoms with Crippen molar-refractivity contribution in [1.29, 1.82) is 0 Å². The van der Waals surface area contributed by atoms with Crippen molar-refractivity contribution in [2.45, 2.75) is 39.4 Å². The standard InChI is InChI=1S/C12H21N5O3S/c1-3-21-5-4-9(2)14-12(20)13-6-10-7-17(16-15-10)8-11(18)19/h7,9H,3-6,8H2,1-2H3,(H,18,19)(H2,13,14,20). The zero-order valence-corrected chi connectivity index (χ0v) is 13.0. The lowest BCUT2D eigenvalue weighted by Crippen LogP contribution is -2.40. The van der Waals surface area contributed by atoms with Gasteiger partial charge in [0.25, 0.3) is 0 Å². The second-order valence-corrected chi connectivity index (χ2v) is 5.91. The van der Waals surface area contributed by atoms with Gasteiger partial charge in [0.05, 0.1) is 12.7 Å². The average Bonchev–Trinajstić information content (AvgIpc) is 2.83. The molecule has 1 aromatic rings. The molecule has 1 heterocycles. The number of aliphatic carboxylic acids is 1. The van der Waals surface area contributed by atoms with E-state index in [1.165, 1.54) is 10.9 Å². The number of amides is 2. The van der Waals surface area contributed by atoms with E-state index >= 15 is 0 Å². The van der Waals surface area contributed by atoms with E-state index in [0.717, 1.165) is 17.9 Å². The van der Waals surface area contributed by atoms with Crippen LogP contribution in [0.15, 0.2) is 6.20 Å². The molecule has 1 unspecified atom stereocenters. The van der Waals surface area contributed by atoms with E-state index in [1.54, 1.807) is 0 Å². The molecule has 0 aliphatic carbocycles. The van der Waals surface area contributed by atoms with Gasteiger partial charge >= 0.3 is 12.0 Å². The normalized spacial score (nSPS) is 11.9. The van der Waals surface area contributed by atoms with E-state index in [0.29, 0.717) is 5.69 Å². The Bertz CT molecular complexity index is 466. The molecule has 0 fully saturated rings. The molecule has 0 aliphatic heterocycles. The third-order valence-electron chi connectivity index (χ3n) is 2.59. The number of thioether (sulfide) groups is 1. The number of carbonyl (C=O) groups is 2. The number of carboxylic acid groups (broad SMARTS) is 1. The largest absolute Gasteiger partial charge is 0.480 e. The lowest BCUT2D eigenvalue weighted by atomic mass is 10.3. The van der Waals surface area contributed by atoms with Crippen LogP contribution in [0, 0.1) is 0 Å². The highest BCUT2D eigenvalue weighted by molar-refractivity contribution is 7.99. The Balaban J connectivity index is 2.26. The van der Waals surface area contributed by atoms with Gasteiger partial charge in [0, 0.05) is 6.04 Å². The molecule has 0 saturated heterocycles. The lowest BCUT2D eigenvalue weighted by molar-refractivity contribution is -0.137. The highest BCUT2D eigenvalue weighted by atomic mass is 32.2. The first-order chi connectivity index (χ1) is 10.0. The van der Waals surface area contributed by atoms with Crippen molar-refractivity contribution in [2.75, 3.05) is 11.5 Å². The summed E-state index contributed by atoms with van der Waals surface area (Å²) in [5, 5.41) is 21.6. The van der Waals surface area contributed by atoms with Gasteiger partial charge in [-0.15, -0.1) is 5.10 Å². The van der Waals surface area contributed by atoms with E-state index in [1.807, 2.05) is 18.7 Å². The average molecular weight is 315 g/mol. The van der Waals surface area contributed by atoms with E-state index < -0.39 is 5.97 Å². The van der Waals surface area contributed by atoms with E-state index in [9.17, 15) is 9.59 Å². The van der Waals surface area contributed by atoms with Crippen LogP contribution in [0.25, 0.3) is 0 Å². The van der Waals surface area contributed by atoms with Crippen molar-refractivity contribution >= 4 is 23.8 Å². The van der Waals surface area contributed by atoms with Crippen LogP contribution in [0.5, 0.6) is 0 Å². The van der Waals surface area contributed by atoms with Crippen LogP contribution in [0.2, 0.25) is 0 Å². The molecule has 3 N–H and O–H groups in total. The van der Waals surface area contributed by atoms with Crippen LogP contribution in [-0.4, -0.2) is 49.6 Å². The lowest BCUT2D eigenvalue weighted by Gasteiger charge is -2.13. The Labute approximate surface area is 127 Å². The zero-order valence-electron chi connectivity index (χ0n) is 12.2. The van der Waals surface area contributed by atoms with Crippen LogP contribution in [0.3, 0.4) is 0 Å². The first-order valence-corrected chi connectivity index (χ1v) is 7.89. The number of carbonyl (C=O) groups excluding carboxylic acids is 1. The van der Waals surface area contributed by atoms with Crippen LogP contribution in [0.4, 0.5) is 4.79 Å². The Morgan fingerprint density at radius 1 is 1.52 bits per heavy atom. The Hall–Kier alpha value is -1.77. The van der Waals surface area contributed by atoms with Crippen molar-refractivity contribution in [3.8, 4) is 0 Å². The summed E-state index contributed by atoms with van der Waals surface area (Å²) in [6, 6.07) is -0.163. The highest BCUT2D eigenvalue weighted by Crippen LogP contribution is 2.03. The summed E-state index contributed by atoms with van der Waals surface area (Å²) in [7, 11) is 0. The molecule has 118 valence electrons. The minimum Gasteiger partial charge on any atom is -0.480 e. The zero-order chi connectivity index (χ0) is 15.7. The summed E-state index contributed by atoms with van der Waals surface area (Å²) in [6.07, 6.45) is 2.41. The molecule has 0 aromatic carbocycles. The number of hydrogen-bond donors (Lipinski definition) is 3. The van der Waals surface area contributed by atoms with Gasteiger partial charge in [0.1, 0.15) is 12.2 Å². The van der Waals surface area contributed by atoms with Gasteiger partial charge in [-0.25, -0.2) is 9.48 Å². The molecular weight excluding hydrogens is 294 g/mol. The number of urea groups is 1. The minimum atomic E-state index is -0.990. The molecule has 1 rings (SSSR count). The summed E-state index contributed by atoms with van der Waals surface area (Å²) < 4.78 is 1.21. The molecule has 0 saturated carbocycles. The smallest absolute Gasteiger partial charge is 0.325 e. The highest BCUT2D eigenvalue weighted by Gasteiger charge is 2.08. The number of hydrogen-bond acceptors (Lipinski definition) is 5. The van der Waals surface area contributed by atoms with Crippen molar-refractivity contribution in [2.24, 2.45) is 0 Å². The number of aromatic nitrogens is 3. The number of nitrogens with zero attached hydrogens (tertiary/aromatic N) is 3. The van der Waals surface area contributed by atoms with Gasteiger partial charge in [0.15, 0.2) is 0 Å². The van der Waals surface area contributed by atoms with E-state index in [2.05, 4.69) is 27.9 Å². The predicted octanol–water partition coefficient (Wildman–Crippen LogP) is 0.694. The monoisotopic (exact) mass is 315 g/mol. The Morgan fingerprint density at radius 2 is 2.29 bits per heavy atom. The second-order valence-electron chi connectivity index (χ2n) is 4.51. The van der Waals surface area contributed by atoms with Gasteiger partial charge < -0.3 is 15.7 Å². The number of rotatable bonds is 9. The fourth-order valence-corrected chi connectivity index (χ4v) is 2.37. The SMILES string of the molecule is CCSCCC(C)NC(=O)NCc1cn(CC(=O)O)nn1. The molecule has 8 nitrogen and oxygen atoms in total. The second kappa shape index (κ2) is 9.22. The summed E-state index contributed by atoms with van der Waals surface area (Å²) in [5.41, 5.74) is 0.514. The fraction of sp³-hybridized carbons (Fsp3) is 0.667. The quantitative estimate of drug-likeness (QED) is 0.579. The fourth-order valence-electron chi connectivity index (χ4n) is 1.56. The van der Waals surface area contributed by atoms with Gasteiger partial charge in [-0.1, -0.05) is 12.1 Å². The summed E-state index contributed by atoms with van der Waals surface area (Å²) in [6.45, 7) is 4.03. The van der Waals surface area contributed by atoms with Crippen LogP contribution >= 0.6 is 11.8 Å². The number of carboxylic acids is 1. The van der Waals surface area contributed by atoms with Crippen molar-refractivity contribution < 1.29 is 14.7 Å². The predicted molar refractivity (Wildman–Crippen MR) is 80.1 cm³/mol. The molecule has 0 aliphatic rings. The van der Waals surface area contributed by atoms with Crippen molar-refractivity contribution in [1.82, 2.24) is 25.6 Å². The number of nitrogens with one attached hydrogen (secondary N) is 2. The molecule has 1 atom stereocenters. The molecule has 0 bridgehead atoms. The first kappa shape index (κ1) is 17.3. The minimum absolute atomic E-state index is 0.103. The molecule has 2 amide bonds. The third-order valence-corrected chi connectivity index (χ3v) is 3.52.